The fraction of sp³-hybridized carbons (Fsp3) is 0.250. The minimum absolute atomic E-state index is 0.802. The smallest absolute Gasteiger partial charge is 0.0724 e. The number of fused-ring (bicyclic) bond motifs is 1. The van der Waals surface area contributed by atoms with Crippen LogP contribution in [0.2, 0.25) is 0 Å². The van der Waals surface area contributed by atoms with E-state index in [0.29, 0.717) is 0 Å². The molecule has 3 nitrogen and oxygen atoms in total. The topological polar surface area (TPSA) is 50.2 Å². The van der Waals surface area contributed by atoms with Crippen LogP contribution in [-0.4, -0.2) is 0 Å². The Morgan fingerprint density at radius 3 is 2.00 bits per heavy atom. The van der Waals surface area contributed by atoms with Gasteiger partial charge in [-0.2, -0.15) is 4.91 Å². The van der Waals surface area contributed by atoms with Gasteiger partial charge in [0, 0.05) is 0 Å². The van der Waals surface area contributed by atoms with Crippen LogP contribution < -0.4 is 0 Å². The normalized spacial score (nSPS) is 13.1. The van der Waals surface area contributed by atoms with Crippen LogP contribution in [0.1, 0.15) is 11.1 Å². The van der Waals surface area contributed by atoms with Crippen LogP contribution in [0.25, 0.3) is 0 Å². The van der Waals surface area contributed by atoms with Crippen molar-refractivity contribution in [2.24, 2.45) is 0 Å². The number of ether oxygens (including phenoxy) is 1. The molecule has 1 aromatic carbocycles. The van der Waals surface area contributed by atoms with Gasteiger partial charge >= 0.3 is 0 Å². The van der Waals surface area contributed by atoms with Gasteiger partial charge in [0.1, 0.15) is 0 Å². The maximum atomic E-state index is 7.50. The minimum Gasteiger partial charge on any atom is -0.372 e. The zero-order valence-corrected chi connectivity index (χ0v) is 6.04. The van der Waals surface area contributed by atoms with Gasteiger partial charge in [-0.25, -0.2) is 0 Å². The van der Waals surface area contributed by atoms with E-state index in [1.54, 1.807) is 0 Å². The molecule has 1 heterocycles. The molecule has 0 bridgehead atoms. The Bertz CT molecular complexity index is 214. The van der Waals surface area contributed by atoms with Gasteiger partial charge < -0.3 is 4.74 Å². The number of benzene rings is 1. The van der Waals surface area contributed by atoms with E-state index < -0.39 is 0 Å². The molecule has 0 amide bonds. The van der Waals surface area contributed by atoms with E-state index in [2.05, 4.69) is 17.7 Å². The number of nitrogens with one attached hydrogen (secondary N) is 1. The second-order valence-corrected chi connectivity index (χ2v) is 2.26. The Morgan fingerprint density at radius 2 is 1.55 bits per heavy atom. The first-order valence-corrected chi connectivity index (χ1v) is 3.32. The first kappa shape index (κ1) is 7.88. The van der Waals surface area contributed by atoms with Crippen molar-refractivity contribution in [3.8, 4) is 0 Å². The molecule has 0 aromatic heterocycles. The van der Waals surface area contributed by atoms with E-state index in [9.17, 15) is 0 Å². The molecule has 1 N–H and O–H groups in total. The van der Waals surface area contributed by atoms with E-state index >= 15 is 0 Å². The van der Waals surface area contributed by atoms with Gasteiger partial charge in [-0.05, 0) is 11.1 Å². The summed E-state index contributed by atoms with van der Waals surface area (Å²) in [6.07, 6.45) is 0. The molecule has 0 saturated heterocycles. The van der Waals surface area contributed by atoms with Crippen LogP contribution in [-0.2, 0) is 18.0 Å². The highest BCUT2D eigenvalue weighted by Crippen LogP contribution is 2.17. The fourth-order valence-electron chi connectivity index (χ4n) is 1.11. The maximum Gasteiger partial charge on any atom is 0.0724 e. The van der Waals surface area contributed by atoms with Crippen molar-refractivity contribution < 1.29 is 4.74 Å². The Hall–Kier alpha value is -1.22. The molecule has 3 heteroatoms. The maximum absolute atomic E-state index is 7.50. The van der Waals surface area contributed by atoms with Crippen LogP contribution in [0.3, 0.4) is 0 Å². The molecular weight excluding hydrogens is 142 g/mol. The zero-order valence-electron chi connectivity index (χ0n) is 6.04. The molecule has 2 rings (SSSR count). The number of hydrogen-bond acceptors (Lipinski definition) is 3. The summed E-state index contributed by atoms with van der Waals surface area (Å²) < 4.78 is 5.21. The number of hydrogen-bond donors (Lipinski definition) is 1. The van der Waals surface area contributed by atoms with Crippen LogP contribution in [0.15, 0.2) is 24.3 Å². The Balaban J connectivity index is 0.000000281. The van der Waals surface area contributed by atoms with Crippen LogP contribution in [0.5, 0.6) is 0 Å². The van der Waals surface area contributed by atoms with E-state index in [0.717, 1.165) is 13.2 Å². The first-order valence-electron chi connectivity index (χ1n) is 3.32. The van der Waals surface area contributed by atoms with Crippen LogP contribution in [0, 0.1) is 10.5 Å². The van der Waals surface area contributed by atoms with Crippen molar-refractivity contribution in [1.29, 1.82) is 5.59 Å². The minimum atomic E-state index is 0.802. The second-order valence-electron chi connectivity index (χ2n) is 2.26. The van der Waals surface area contributed by atoms with Gasteiger partial charge in [0.15, 0.2) is 0 Å². The quantitative estimate of drug-likeness (QED) is 0.577. The summed E-state index contributed by atoms with van der Waals surface area (Å²) >= 11 is 0. The highest BCUT2D eigenvalue weighted by molar-refractivity contribution is 5.27. The van der Waals surface area contributed by atoms with Crippen molar-refractivity contribution in [2.75, 3.05) is 0 Å². The van der Waals surface area contributed by atoms with Crippen molar-refractivity contribution in [3.63, 3.8) is 0 Å². The molecule has 11 heavy (non-hydrogen) atoms. The molecule has 58 valence electrons. The Labute approximate surface area is 64.8 Å². The van der Waals surface area contributed by atoms with Crippen molar-refractivity contribution >= 4 is 0 Å². The van der Waals surface area contributed by atoms with Gasteiger partial charge in [0.05, 0.1) is 13.2 Å². The molecule has 0 radical (unpaired) electrons. The zero-order chi connectivity index (χ0) is 8.10. The van der Waals surface area contributed by atoms with Gasteiger partial charge in [0.25, 0.3) is 0 Å². The molecule has 0 fully saturated rings. The molecule has 1 aromatic rings. The molecule has 0 aliphatic carbocycles. The average molecular weight is 151 g/mol. The number of nitroso groups, excluding NO2 is 1. The summed E-state index contributed by atoms with van der Waals surface area (Å²) in [4.78, 5) is 7.50. The monoisotopic (exact) mass is 151 g/mol. The Kier molecular flexibility index (Phi) is 2.74. The lowest BCUT2D eigenvalue weighted by Gasteiger charge is -1.90. The predicted octanol–water partition coefficient (Wildman–Crippen LogP) is 2.05. The third kappa shape index (κ3) is 1.62. The standard InChI is InChI=1S/C8H8O.HNO/c1-2-4-8-6-9-5-7(8)3-1;1-2/h1-4H,5-6H2;1H. The SMILES string of the molecule is N=O.c1ccc2c(c1)COC2. The van der Waals surface area contributed by atoms with E-state index in [4.69, 9.17) is 9.64 Å². The molecule has 0 atom stereocenters. The molecule has 0 saturated carbocycles. The van der Waals surface area contributed by atoms with Crippen LogP contribution in [0.4, 0.5) is 0 Å². The lowest BCUT2D eigenvalue weighted by atomic mass is 10.1. The fourth-order valence-corrected chi connectivity index (χ4v) is 1.11. The van der Waals surface area contributed by atoms with E-state index in [1.165, 1.54) is 11.1 Å². The second kappa shape index (κ2) is 3.83. The van der Waals surface area contributed by atoms with Gasteiger partial charge in [0.2, 0.25) is 0 Å². The predicted molar refractivity (Wildman–Crippen MR) is 41.0 cm³/mol. The molecule has 0 spiro atoms. The third-order valence-corrected chi connectivity index (χ3v) is 1.63. The lowest BCUT2D eigenvalue weighted by molar-refractivity contribution is 0.134. The third-order valence-electron chi connectivity index (χ3n) is 1.63. The van der Waals surface area contributed by atoms with Gasteiger partial charge in [-0.15, -0.1) is 0 Å². The molecule has 0 unspecified atom stereocenters. The summed E-state index contributed by atoms with van der Waals surface area (Å²) in [6.45, 7) is 1.60. The first-order chi connectivity index (χ1) is 5.47. The number of rotatable bonds is 0. The van der Waals surface area contributed by atoms with Crippen molar-refractivity contribution in [3.05, 3.63) is 40.3 Å². The highest BCUT2D eigenvalue weighted by Gasteiger charge is 2.07. The molecule has 1 aliphatic heterocycles. The summed E-state index contributed by atoms with van der Waals surface area (Å²) in [5.41, 5.74) is 7.19. The highest BCUT2D eigenvalue weighted by atomic mass is 16.5. The van der Waals surface area contributed by atoms with Crippen molar-refractivity contribution in [2.45, 2.75) is 13.2 Å². The van der Waals surface area contributed by atoms with E-state index in [1.807, 2.05) is 12.1 Å². The largest absolute Gasteiger partial charge is 0.372 e. The summed E-state index contributed by atoms with van der Waals surface area (Å²) in [6, 6.07) is 8.33. The lowest BCUT2D eigenvalue weighted by Crippen LogP contribution is -1.77. The summed E-state index contributed by atoms with van der Waals surface area (Å²) in [5.74, 6) is 0. The van der Waals surface area contributed by atoms with Gasteiger partial charge in [-0.1, -0.05) is 29.9 Å². The summed E-state index contributed by atoms with van der Waals surface area (Å²) in [7, 11) is 0. The summed E-state index contributed by atoms with van der Waals surface area (Å²) in [5, 5.41) is 0. The average Bonchev–Trinajstić information content (AvgIpc) is 2.55. The van der Waals surface area contributed by atoms with Crippen LogP contribution >= 0.6 is 0 Å². The molecular formula is C8H9NO2. The van der Waals surface area contributed by atoms with E-state index in [-0.39, 0.29) is 0 Å². The Morgan fingerprint density at radius 1 is 1.09 bits per heavy atom. The van der Waals surface area contributed by atoms with Crippen molar-refractivity contribution in [1.82, 2.24) is 0 Å². The molecule has 1 aliphatic rings. The van der Waals surface area contributed by atoms with Gasteiger partial charge in [-0.3, -0.25) is 0 Å².